The van der Waals surface area contributed by atoms with Crippen molar-refractivity contribution < 1.29 is 4.52 Å². The number of hydrogen-bond donors (Lipinski definition) is 1. The number of nitrogens with zero attached hydrogens (tertiary/aromatic N) is 3. The molecule has 3 rings (SSSR count). The lowest BCUT2D eigenvalue weighted by Crippen LogP contribution is -2.16. The quantitative estimate of drug-likeness (QED) is 0.919. The topological polar surface area (TPSA) is 63.8 Å². The molecular formula is C12H13BrN4O. The van der Waals surface area contributed by atoms with Crippen LogP contribution < -0.4 is 5.32 Å². The Morgan fingerprint density at radius 2 is 2.33 bits per heavy atom. The summed E-state index contributed by atoms with van der Waals surface area (Å²) < 4.78 is 6.06. The van der Waals surface area contributed by atoms with Gasteiger partial charge in [-0.05, 0) is 53.4 Å². The molecule has 1 fully saturated rings. The zero-order valence-electron chi connectivity index (χ0n) is 9.77. The van der Waals surface area contributed by atoms with E-state index < -0.39 is 0 Å². The van der Waals surface area contributed by atoms with Gasteiger partial charge in [-0.1, -0.05) is 5.16 Å². The second-order valence-corrected chi connectivity index (χ2v) is 5.27. The SMILES string of the molecule is Brc1cccnc1-c1noc(CNCC2CC2)n1. The van der Waals surface area contributed by atoms with E-state index >= 15 is 0 Å². The molecule has 0 radical (unpaired) electrons. The first-order valence-electron chi connectivity index (χ1n) is 5.97. The van der Waals surface area contributed by atoms with Gasteiger partial charge in [0.05, 0.1) is 6.54 Å². The van der Waals surface area contributed by atoms with E-state index in [0.29, 0.717) is 24.0 Å². The predicted octanol–water partition coefficient (Wildman–Crippen LogP) is 2.39. The molecule has 1 saturated carbocycles. The molecule has 0 bridgehead atoms. The monoisotopic (exact) mass is 308 g/mol. The average molecular weight is 309 g/mol. The Kier molecular flexibility index (Phi) is 3.38. The first-order valence-corrected chi connectivity index (χ1v) is 6.76. The minimum Gasteiger partial charge on any atom is -0.337 e. The molecule has 2 aromatic heterocycles. The van der Waals surface area contributed by atoms with E-state index in [9.17, 15) is 0 Å². The van der Waals surface area contributed by atoms with Gasteiger partial charge in [0.1, 0.15) is 5.69 Å². The van der Waals surface area contributed by atoms with Gasteiger partial charge in [0.15, 0.2) is 0 Å². The number of halogens is 1. The molecule has 0 aromatic carbocycles. The maximum absolute atomic E-state index is 5.19. The smallest absolute Gasteiger partial charge is 0.240 e. The maximum atomic E-state index is 5.19. The van der Waals surface area contributed by atoms with Crippen LogP contribution in [0.3, 0.4) is 0 Å². The van der Waals surface area contributed by atoms with Crippen molar-refractivity contribution in [1.29, 1.82) is 0 Å². The highest BCUT2D eigenvalue weighted by molar-refractivity contribution is 9.10. The van der Waals surface area contributed by atoms with Gasteiger partial charge in [-0.25, -0.2) is 0 Å². The summed E-state index contributed by atoms with van der Waals surface area (Å²) in [6.07, 6.45) is 4.38. The van der Waals surface area contributed by atoms with Gasteiger partial charge in [0, 0.05) is 10.7 Å². The third kappa shape index (κ3) is 2.76. The lowest BCUT2D eigenvalue weighted by atomic mass is 10.3. The van der Waals surface area contributed by atoms with Crippen LogP contribution in [0.1, 0.15) is 18.7 Å². The van der Waals surface area contributed by atoms with Gasteiger partial charge < -0.3 is 9.84 Å². The molecule has 0 saturated heterocycles. The Hall–Kier alpha value is -1.27. The van der Waals surface area contributed by atoms with Crippen LogP contribution in [-0.4, -0.2) is 21.7 Å². The predicted molar refractivity (Wildman–Crippen MR) is 69.7 cm³/mol. The minimum absolute atomic E-state index is 0.519. The van der Waals surface area contributed by atoms with Gasteiger partial charge in [-0.3, -0.25) is 4.98 Å². The third-order valence-corrected chi connectivity index (χ3v) is 3.48. The van der Waals surface area contributed by atoms with Crippen molar-refractivity contribution in [3.05, 3.63) is 28.7 Å². The summed E-state index contributed by atoms with van der Waals surface area (Å²) in [6.45, 7) is 1.65. The van der Waals surface area contributed by atoms with Gasteiger partial charge in [0.2, 0.25) is 11.7 Å². The summed E-state index contributed by atoms with van der Waals surface area (Å²) in [4.78, 5) is 8.55. The Balaban J connectivity index is 1.66. The second-order valence-electron chi connectivity index (χ2n) is 4.42. The van der Waals surface area contributed by atoms with Crippen molar-refractivity contribution in [2.75, 3.05) is 6.54 Å². The molecule has 1 N–H and O–H groups in total. The molecule has 2 aromatic rings. The van der Waals surface area contributed by atoms with E-state index in [4.69, 9.17) is 4.52 Å². The van der Waals surface area contributed by atoms with Crippen LogP contribution in [0, 0.1) is 5.92 Å². The van der Waals surface area contributed by atoms with E-state index in [1.165, 1.54) is 12.8 Å². The van der Waals surface area contributed by atoms with E-state index in [1.807, 2.05) is 12.1 Å². The third-order valence-electron chi connectivity index (χ3n) is 2.84. The zero-order chi connectivity index (χ0) is 12.4. The fraction of sp³-hybridized carbons (Fsp3) is 0.417. The molecule has 0 unspecified atom stereocenters. The molecule has 0 spiro atoms. The number of rotatable bonds is 5. The Morgan fingerprint density at radius 3 is 3.11 bits per heavy atom. The number of hydrogen-bond acceptors (Lipinski definition) is 5. The average Bonchev–Trinajstić information content (AvgIpc) is 3.08. The van der Waals surface area contributed by atoms with Gasteiger partial charge in [-0.2, -0.15) is 4.98 Å². The zero-order valence-corrected chi connectivity index (χ0v) is 11.4. The number of pyridine rings is 1. The molecule has 18 heavy (non-hydrogen) atoms. The summed E-state index contributed by atoms with van der Waals surface area (Å²) in [7, 11) is 0. The van der Waals surface area contributed by atoms with Crippen molar-refractivity contribution in [2.45, 2.75) is 19.4 Å². The molecule has 94 valence electrons. The number of nitrogens with one attached hydrogen (secondary N) is 1. The van der Waals surface area contributed by atoms with Crippen LogP contribution in [0.5, 0.6) is 0 Å². The lowest BCUT2D eigenvalue weighted by Gasteiger charge is -1.97. The van der Waals surface area contributed by atoms with E-state index in [-0.39, 0.29) is 0 Å². The standard InChI is InChI=1S/C12H13BrN4O/c13-9-2-1-5-15-11(9)12-16-10(18-17-12)7-14-6-8-3-4-8/h1-2,5,8,14H,3-4,6-7H2. The molecule has 1 aliphatic rings. The largest absolute Gasteiger partial charge is 0.337 e. The summed E-state index contributed by atoms with van der Waals surface area (Å²) >= 11 is 3.42. The van der Waals surface area contributed by atoms with Crippen molar-refractivity contribution in [3.63, 3.8) is 0 Å². The van der Waals surface area contributed by atoms with E-state index in [0.717, 1.165) is 16.9 Å². The minimum atomic E-state index is 0.519. The fourth-order valence-electron chi connectivity index (χ4n) is 1.68. The molecular weight excluding hydrogens is 296 g/mol. The molecule has 1 aliphatic carbocycles. The van der Waals surface area contributed by atoms with Crippen molar-refractivity contribution in [1.82, 2.24) is 20.4 Å². The molecule has 0 atom stereocenters. The molecule has 2 heterocycles. The van der Waals surface area contributed by atoms with E-state index in [2.05, 4.69) is 36.4 Å². The summed E-state index contributed by atoms with van der Waals surface area (Å²) in [5.41, 5.74) is 0.703. The fourth-order valence-corrected chi connectivity index (χ4v) is 2.11. The molecule has 5 nitrogen and oxygen atoms in total. The van der Waals surface area contributed by atoms with E-state index in [1.54, 1.807) is 6.20 Å². The van der Waals surface area contributed by atoms with Crippen LogP contribution in [-0.2, 0) is 6.54 Å². The van der Waals surface area contributed by atoms with Gasteiger partial charge in [0.25, 0.3) is 0 Å². The Labute approximate surface area is 113 Å². The first-order chi connectivity index (χ1) is 8.83. The molecule has 0 aliphatic heterocycles. The molecule has 0 amide bonds. The number of aromatic nitrogens is 3. The van der Waals surface area contributed by atoms with Crippen LogP contribution >= 0.6 is 15.9 Å². The molecule has 6 heteroatoms. The van der Waals surface area contributed by atoms with Crippen molar-refractivity contribution >= 4 is 15.9 Å². The van der Waals surface area contributed by atoms with Crippen molar-refractivity contribution in [3.8, 4) is 11.5 Å². The lowest BCUT2D eigenvalue weighted by molar-refractivity contribution is 0.367. The second kappa shape index (κ2) is 5.16. The summed E-state index contributed by atoms with van der Waals surface area (Å²) in [6, 6.07) is 3.76. The summed E-state index contributed by atoms with van der Waals surface area (Å²) in [5, 5.41) is 7.26. The highest BCUT2D eigenvalue weighted by atomic mass is 79.9. The van der Waals surface area contributed by atoms with Crippen molar-refractivity contribution in [2.24, 2.45) is 5.92 Å². The first kappa shape index (κ1) is 11.8. The van der Waals surface area contributed by atoms with Crippen LogP contribution in [0.2, 0.25) is 0 Å². The highest BCUT2D eigenvalue weighted by Crippen LogP contribution is 2.27. The van der Waals surface area contributed by atoms with Gasteiger partial charge >= 0.3 is 0 Å². The Bertz CT molecular complexity index is 538. The van der Waals surface area contributed by atoms with Crippen LogP contribution in [0.4, 0.5) is 0 Å². The maximum Gasteiger partial charge on any atom is 0.240 e. The van der Waals surface area contributed by atoms with Gasteiger partial charge in [-0.15, -0.1) is 0 Å². The summed E-state index contributed by atoms with van der Waals surface area (Å²) in [5.74, 6) is 1.96. The highest BCUT2D eigenvalue weighted by Gasteiger charge is 2.20. The van der Waals surface area contributed by atoms with Crippen LogP contribution in [0.15, 0.2) is 27.3 Å². The normalized spacial score (nSPS) is 14.9. The van der Waals surface area contributed by atoms with Crippen LogP contribution in [0.25, 0.3) is 11.5 Å². The Morgan fingerprint density at radius 1 is 1.44 bits per heavy atom.